The Morgan fingerprint density at radius 2 is 2.29 bits per heavy atom. The third-order valence-corrected chi connectivity index (χ3v) is 7.06. The van der Waals surface area contributed by atoms with Crippen molar-refractivity contribution in [1.82, 2.24) is 4.31 Å². The number of fused-ring (bicyclic) bond motifs is 2. The van der Waals surface area contributed by atoms with Gasteiger partial charge < -0.3 is 4.74 Å². The monoisotopic (exact) mass is 273 g/mol. The zero-order chi connectivity index (χ0) is 12.0. The van der Waals surface area contributed by atoms with E-state index in [1.54, 1.807) is 28.9 Å². The van der Waals surface area contributed by atoms with E-state index in [1.165, 1.54) is 11.3 Å². The summed E-state index contributed by atoms with van der Waals surface area (Å²) in [5.74, 6) is 0.375. The Morgan fingerprint density at radius 3 is 2.88 bits per heavy atom. The summed E-state index contributed by atoms with van der Waals surface area (Å²) in [6.07, 6.45) is 2.10. The molecule has 0 spiro atoms. The highest BCUT2D eigenvalue weighted by Gasteiger charge is 2.51. The van der Waals surface area contributed by atoms with Crippen LogP contribution in [0, 0.1) is 5.92 Å². The van der Waals surface area contributed by atoms with Crippen molar-refractivity contribution in [3.05, 3.63) is 17.5 Å². The van der Waals surface area contributed by atoms with Crippen LogP contribution in [0.15, 0.2) is 21.7 Å². The molecule has 1 saturated carbocycles. The molecule has 3 atom stereocenters. The highest BCUT2D eigenvalue weighted by Crippen LogP contribution is 2.42. The first-order chi connectivity index (χ1) is 8.14. The molecule has 3 rings (SSSR count). The average molecular weight is 273 g/mol. The van der Waals surface area contributed by atoms with E-state index in [0.717, 1.165) is 12.8 Å². The van der Waals surface area contributed by atoms with Crippen LogP contribution in [-0.4, -0.2) is 38.5 Å². The molecule has 2 fully saturated rings. The quantitative estimate of drug-likeness (QED) is 0.839. The van der Waals surface area contributed by atoms with E-state index >= 15 is 0 Å². The highest BCUT2D eigenvalue weighted by atomic mass is 32.2. The van der Waals surface area contributed by atoms with E-state index in [2.05, 4.69) is 0 Å². The van der Waals surface area contributed by atoms with Gasteiger partial charge in [0.1, 0.15) is 4.21 Å². The number of piperidine rings is 1. The fourth-order valence-electron chi connectivity index (χ4n) is 3.05. The first-order valence-corrected chi connectivity index (χ1v) is 8.04. The molecule has 6 heteroatoms. The van der Waals surface area contributed by atoms with E-state index in [0.29, 0.717) is 16.7 Å². The Morgan fingerprint density at radius 1 is 1.47 bits per heavy atom. The second-order valence-electron chi connectivity index (χ2n) is 4.61. The van der Waals surface area contributed by atoms with Crippen molar-refractivity contribution in [3.8, 4) is 0 Å². The number of methoxy groups -OCH3 is 1. The topological polar surface area (TPSA) is 46.6 Å². The Balaban J connectivity index is 1.93. The molecule has 0 N–H and O–H groups in total. The maximum atomic E-state index is 12.4. The van der Waals surface area contributed by atoms with Crippen LogP contribution in [0.2, 0.25) is 0 Å². The van der Waals surface area contributed by atoms with Crippen molar-refractivity contribution in [2.45, 2.75) is 29.2 Å². The van der Waals surface area contributed by atoms with Crippen LogP contribution in [0.3, 0.4) is 0 Å². The summed E-state index contributed by atoms with van der Waals surface area (Å²) < 4.78 is 32.4. The van der Waals surface area contributed by atoms with E-state index in [4.69, 9.17) is 4.74 Å². The number of hydrogen-bond donors (Lipinski definition) is 0. The summed E-state index contributed by atoms with van der Waals surface area (Å²) in [6, 6.07) is 3.49. The molecule has 17 heavy (non-hydrogen) atoms. The summed E-state index contributed by atoms with van der Waals surface area (Å²) in [5, 5.41) is 1.80. The third-order valence-electron chi connectivity index (χ3n) is 3.79. The largest absolute Gasteiger partial charge is 0.379 e. The Bertz CT molecular complexity index is 497. The molecule has 1 saturated heterocycles. The van der Waals surface area contributed by atoms with Gasteiger partial charge in [-0.3, -0.25) is 0 Å². The first-order valence-electron chi connectivity index (χ1n) is 5.72. The van der Waals surface area contributed by atoms with Gasteiger partial charge >= 0.3 is 0 Å². The minimum absolute atomic E-state index is 0.0390. The minimum atomic E-state index is -3.30. The van der Waals surface area contributed by atoms with Gasteiger partial charge in [-0.05, 0) is 24.3 Å². The molecule has 0 unspecified atom stereocenters. The maximum Gasteiger partial charge on any atom is 0.252 e. The van der Waals surface area contributed by atoms with Crippen LogP contribution >= 0.6 is 11.3 Å². The standard InChI is InChI=1S/C11H15NO3S2/c1-15-11-8-4-5-9(11)12(7-8)17(13,14)10-3-2-6-16-10/h2-3,6,8-9,11H,4-5,7H2,1H3/t8-,9+,11+/m0/s1. The second-order valence-corrected chi connectivity index (χ2v) is 7.68. The highest BCUT2D eigenvalue weighted by molar-refractivity contribution is 7.91. The normalized spacial score (nSPS) is 33.4. The third kappa shape index (κ3) is 1.66. The van der Waals surface area contributed by atoms with Crippen molar-refractivity contribution < 1.29 is 13.2 Å². The molecule has 0 amide bonds. The van der Waals surface area contributed by atoms with Crippen molar-refractivity contribution in [2.24, 2.45) is 5.92 Å². The average Bonchev–Trinajstić information content (AvgIpc) is 3.04. The van der Waals surface area contributed by atoms with Crippen LogP contribution in [-0.2, 0) is 14.8 Å². The minimum Gasteiger partial charge on any atom is -0.379 e. The zero-order valence-corrected chi connectivity index (χ0v) is 11.2. The molecule has 1 aliphatic heterocycles. The van der Waals surface area contributed by atoms with E-state index in [1.807, 2.05) is 0 Å². The lowest BCUT2D eigenvalue weighted by molar-refractivity contribution is 0.0786. The summed E-state index contributed by atoms with van der Waals surface area (Å²) in [7, 11) is -1.62. The number of nitrogens with zero attached hydrogens (tertiary/aromatic N) is 1. The van der Waals surface area contributed by atoms with Gasteiger partial charge in [0, 0.05) is 19.6 Å². The Kier molecular flexibility index (Phi) is 2.77. The summed E-state index contributed by atoms with van der Waals surface area (Å²) >= 11 is 1.28. The van der Waals surface area contributed by atoms with Crippen LogP contribution in [0.4, 0.5) is 0 Å². The van der Waals surface area contributed by atoms with Crippen molar-refractivity contribution in [3.63, 3.8) is 0 Å². The van der Waals surface area contributed by atoms with E-state index in [-0.39, 0.29) is 12.1 Å². The fraction of sp³-hybridized carbons (Fsp3) is 0.636. The molecular formula is C11H15NO3S2. The van der Waals surface area contributed by atoms with Gasteiger partial charge in [0.05, 0.1) is 12.1 Å². The number of ether oxygens (including phenoxy) is 1. The maximum absolute atomic E-state index is 12.4. The van der Waals surface area contributed by atoms with Gasteiger partial charge in [-0.15, -0.1) is 11.3 Å². The smallest absolute Gasteiger partial charge is 0.252 e. The van der Waals surface area contributed by atoms with Gasteiger partial charge in [0.2, 0.25) is 0 Å². The first kappa shape index (κ1) is 11.6. The lowest BCUT2D eigenvalue weighted by Crippen LogP contribution is -2.39. The molecule has 1 aliphatic carbocycles. The molecule has 2 aliphatic rings. The van der Waals surface area contributed by atoms with Crippen LogP contribution in [0.25, 0.3) is 0 Å². The number of rotatable bonds is 3. The lowest BCUT2D eigenvalue weighted by atomic mass is 10.1. The number of sulfonamides is 1. The van der Waals surface area contributed by atoms with Gasteiger partial charge in [-0.25, -0.2) is 8.42 Å². The predicted octanol–water partition coefficient (Wildman–Crippen LogP) is 1.55. The zero-order valence-electron chi connectivity index (χ0n) is 9.57. The van der Waals surface area contributed by atoms with Gasteiger partial charge in [-0.2, -0.15) is 4.31 Å². The molecule has 0 aromatic carbocycles. The molecule has 2 bridgehead atoms. The second kappa shape index (κ2) is 4.05. The van der Waals surface area contributed by atoms with Crippen LogP contribution < -0.4 is 0 Å². The number of thiophene rings is 1. The van der Waals surface area contributed by atoms with Crippen molar-refractivity contribution in [1.29, 1.82) is 0 Å². The molecular weight excluding hydrogens is 258 g/mol. The molecule has 94 valence electrons. The van der Waals surface area contributed by atoms with E-state index < -0.39 is 10.0 Å². The molecule has 1 aromatic heterocycles. The Hall–Kier alpha value is -0.430. The summed E-state index contributed by atoms with van der Waals surface area (Å²) in [4.78, 5) is 0. The van der Waals surface area contributed by atoms with Gasteiger partial charge in [0.25, 0.3) is 10.0 Å². The van der Waals surface area contributed by atoms with Gasteiger partial charge in [-0.1, -0.05) is 6.07 Å². The lowest BCUT2D eigenvalue weighted by Gasteiger charge is -2.25. The fourth-order valence-corrected chi connectivity index (χ4v) is 5.89. The summed E-state index contributed by atoms with van der Waals surface area (Å²) in [6.45, 7) is 0.614. The summed E-state index contributed by atoms with van der Waals surface area (Å²) in [5.41, 5.74) is 0. The number of hydrogen-bond acceptors (Lipinski definition) is 4. The van der Waals surface area contributed by atoms with Crippen LogP contribution in [0.1, 0.15) is 12.8 Å². The van der Waals surface area contributed by atoms with Crippen LogP contribution in [0.5, 0.6) is 0 Å². The molecule has 0 radical (unpaired) electrons. The van der Waals surface area contributed by atoms with Crippen molar-refractivity contribution >= 4 is 21.4 Å². The molecule has 1 aromatic rings. The molecule has 4 nitrogen and oxygen atoms in total. The van der Waals surface area contributed by atoms with Crippen molar-refractivity contribution in [2.75, 3.05) is 13.7 Å². The predicted molar refractivity (Wildman–Crippen MR) is 65.5 cm³/mol. The van der Waals surface area contributed by atoms with Gasteiger partial charge in [0.15, 0.2) is 0 Å². The van der Waals surface area contributed by atoms with E-state index in [9.17, 15) is 8.42 Å². The Labute approximate surface area is 105 Å². The SMILES string of the molecule is CO[C@@H]1[C@H]2CC[C@H]1N(S(=O)(=O)c1cccs1)C2. The molecule has 2 heterocycles.